The highest BCUT2D eigenvalue weighted by Gasteiger charge is 2.22. The molecule has 4 aromatic rings. The van der Waals surface area contributed by atoms with Crippen LogP contribution in [0.2, 0.25) is 5.02 Å². The molecule has 3 aromatic heterocycles. The Morgan fingerprint density at radius 2 is 2.17 bits per heavy atom. The van der Waals surface area contributed by atoms with Crippen molar-refractivity contribution < 1.29 is 4.79 Å². The lowest BCUT2D eigenvalue weighted by Gasteiger charge is -2.12. The third-order valence-electron chi connectivity index (χ3n) is 4.90. The molecule has 0 spiro atoms. The Morgan fingerprint density at radius 3 is 3.00 bits per heavy atom. The SMILES string of the molecule is O=C(Cn1cnc2sc3c(c2c1=O)CCC3)Nc1cc(Cl)ccc1-n1cncn1. The van der Waals surface area contributed by atoms with Gasteiger partial charge in [0.25, 0.3) is 5.56 Å². The molecule has 1 amide bonds. The average Bonchev–Trinajstić information content (AvgIpc) is 3.41. The molecule has 3 heterocycles. The van der Waals surface area contributed by atoms with Crippen LogP contribution in [-0.4, -0.2) is 30.2 Å². The number of fused-ring (bicyclic) bond motifs is 3. The molecule has 0 unspecified atom stereocenters. The van der Waals surface area contributed by atoms with E-state index in [4.69, 9.17) is 11.6 Å². The molecular weight excluding hydrogens is 412 g/mol. The maximum absolute atomic E-state index is 13.0. The maximum atomic E-state index is 13.0. The molecule has 1 aliphatic carbocycles. The minimum atomic E-state index is -0.358. The number of anilines is 1. The lowest BCUT2D eigenvalue weighted by molar-refractivity contribution is -0.116. The molecule has 8 nitrogen and oxygen atoms in total. The Hall–Kier alpha value is -3.04. The molecule has 5 rings (SSSR count). The van der Waals surface area contributed by atoms with Crippen molar-refractivity contribution in [3.63, 3.8) is 0 Å². The van der Waals surface area contributed by atoms with Gasteiger partial charge in [-0.2, -0.15) is 5.10 Å². The van der Waals surface area contributed by atoms with E-state index >= 15 is 0 Å². The first-order valence-electron chi connectivity index (χ1n) is 9.04. The van der Waals surface area contributed by atoms with Crippen LogP contribution in [0.5, 0.6) is 0 Å². The summed E-state index contributed by atoms with van der Waals surface area (Å²) in [5.74, 6) is -0.358. The molecule has 1 aromatic carbocycles. The first kappa shape index (κ1) is 18.0. The number of aryl methyl sites for hydroxylation is 2. The largest absolute Gasteiger partial charge is 0.323 e. The number of aromatic nitrogens is 5. The van der Waals surface area contributed by atoms with Crippen molar-refractivity contribution in [2.75, 3.05) is 5.32 Å². The van der Waals surface area contributed by atoms with E-state index in [0.29, 0.717) is 21.8 Å². The zero-order valence-corrected chi connectivity index (χ0v) is 16.7. The van der Waals surface area contributed by atoms with Crippen molar-refractivity contribution in [3.05, 3.63) is 63.0 Å². The van der Waals surface area contributed by atoms with E-state index in [-0.39, 0.29) is 18.0 Å². The van der Waals surface area contributed by atoms with Gasteiger partial charge in [-0.15, -0.1) is 11.3 Å². The van der Waals surface area contributed by atoms with Gasteiger partial charge in [0.15, 0.2) is 0 Å². The van der Waals surface area contributed by atoms with E-state index in [9.17, 15) is 9.59 Å². The third-order valence-corrected chi connectivity index (χ3v) is 6.34. The summed E-state index contributed by atoms with van der Waals surface area (Å²) in [6.07, 6.45) is 7.32. The van der Waals surface area contributed by atoms with Crippen molar-refractivity contribution in [3.8, 4) is 5.69 Å². The number of thiophene rings is 1. The van der Waals surface area contributed by atoms with Gasteiger partial charge in [0.2, 0.25) is 5.91 Å². The minimum Gasteiger partial charge on any atom is -0.323 e. The van der Waals surface area contributed by atoms with Crippen molar-refractivity contribution >= 4 is 44.7 Å². The molecule has 10 heteroatoms. The van der Waals surface area contributed by atoms with Crippen LogP contribution in [0.1, 0.15) is 16.9 Å². The van der Waals surface area contributed by atoms with Gasteiger partial charge in [-0.3, -0.25) is 14.2 Å². The molecule has 1 aliphatic rings. The fourth-order valence-electron chi connectivity index (χ4n) is 3.62. The van der Waals surface area contributed by atoms with E-state index in [1.165, 1.54) is 33.1 Å². The molecule has 0 atom stereocenters. The Morgan fingerprint density at radius 1 is 1.28 bits per heavy atom. The first-order valence-corrected chi connectivity index (χ1v) is 10.2. The normalized spacial score (nSPS) is 13.0. The fourth-order valence-corrected chi connectivity index (χ4v) is 5.01. The first-order chi connectivity index (χ1) is 14.1. The van der Waals surface area contributed by atoms with Crippen LogP contribution in [0, 0.1) is 0 Å². The second kappa shape index (κ2) is 7.09. The molecule has 1 N–H and O–H groups in total. The summed E-state index contributed by atoms with van der Waals surface area (Å²) in [5.41, 5.74) is 2.02. The highest BCUT2D eigenvalue weighted by atomic mass is 35.5. The molecular formula is C19H15ClN6O2S. The summed E-state index contributed by atoms with van der Waals surface area (Å²) in [6, 6.07) is 5.07. The van der Waals surface area contributed by atoms with Crippen LogP contribution in [0.25, 0.3) is 15.9 Å². The number of hydrogen-bond acceptors (Lipinski definition) is 6. The predicted molar refractivity (Wildman–Crippen MR) is 111 cm³/mol. The van der Waals surface area contributed by atoms with Gasteiger partial charge in [-0.05, 0) is 43.0 Å². The van der Waals surface area contributed by atoms with E-state index in [1.807, 2.05) is 0 Å². The van der Waals surface area contributed by atoms with Gasteiger partial charge < -0.3 is 5.32 Å². The van der Waals surface area contributed by atoms with Crippen LogP contribution in [0.4, 0.5) is 5.69 Å². The standard InChI is InChI=1S/C19H15ClN6O2S/c20-11-4-5-14(26-9-21-8-23-26)13(6-11)24-16(27)7-25-10-22-18-17(19(25)28)12-2-1-3-15(12)29-18/h4-6,8-10H,1-3,7H2,(H,24,27). The fraction of sp³-hybridized carbons (Fsp3) is 0.211. The molecule has 0 radical (unpaired) electrons. The van der Waals surface area contributed by atoms with Gasteiger partial charge in [0, 0.05) is 9.90 Å². The quantitative estimate of drug-likeness (QED) is 0.541. The van der Waals surface area contributed by atoms with Crippen molar-refractivity contribution in [2.45, 2.75) is 25.8 Å². The van der Waals surface area contributed by atoms with E-state index in [2.05, 4.69) is 20.4 Å². The molecule has 0 saturated heterocycles. The predicted octanol–water partition coefficient (Wildman–Crippen LogP) is 2.82. The highest BCUT2D eigenvalue weighted by Crippen LogP contribution is 2.34. The lowest BCUT2D eigenvalue weighted by Crippen LogP contribution is -2.28. The molecule has 0 aliphatic heterocycles. The summed E-state index contributed by atoms with van der Waals surface area (Å²) in [6.45, 7) is -0.143. The zero-order chi connectivity index (χ0) is 20.0. The second-order valence-electron chi connectivity index (χ2n) is 6.76. The Bertz CT molecular complexity index is 1290. The number of halogens is 1. The second-order valence-corrected chi connectivity index (χ2v) is 8.28. The zero-order valence-electron chi connectivity index (χ0n) is 15.1. The molecule has 0 bridgehead atoms. The molecule has 146 valence electrons. The van der Waals surface area contributed by atoms with E-state index in [1.54, 1.807) is 29.5 Å². The number of carbonyl (C=O) groups excluding carboxylic acids is 1. The molecule has 0 fully saturated rings. The number of carbonyl (C=O) groups is 1. The maximum Gasteiger partial charge on any atom is 0.262 e. The monoisotopic (exact) mass is 426 g/mol. The van der Waals surface area contributed by atoms with Gasteiger partial charge in [0.05, 0.1) is 23.1 Å². The highest BCUT2D eigenvalue weighted by molar-refractivity contribution is 7.18. The average molecular weight is 427 g/mol. The van der Waals surface area contributed by atoms with Crippen LogP contribution in [0.15, 0.2) is 42.0 Å². The van der Waals surface area contributed by atoms with Crippen LogP contribution >= 0.6 is 22.9 Å². The number of nitrogens with zero attached hydrogens (tertiary/aromatic N) is 5. The van der Waals surface area contributed by atoms with Gasteiger partial charge in [-0.1, -0.05) is 11.6 Å². The van der Waals surface area contributed by atoms with Gasteiger partial charge >= 0.3 is 0 Å². The summed E-state index contributed by atoms with van der Waals surface area (Å²) in [7, 11) is 0. The molecule has 29 heavy (non-hydrogen) atoms. The summed E-state index contributed by atoms with van der Waals surface area (Å²) in [4.78, 5) is 36.0. The summed E-state index contributed by atoms with van der Waals surface area (Å²) in [5, 5.41) is 8.03. The topological polar surface area (TPSA) is 94.7 Å². The number of amides is 1. The van der Waals surface area contributed by atoms with Gasteiger partial charge in [-0.25, -0.2) is 14.6 Å². The van der Waals surface area contributed by atoms with Gasteiger partial charge in [0.1, 0.15) is 24.0 Å². The van der Waals surface area contributed by atoms with E-state index in [0.717, 1.165) is 29.7 Å². The van der Waals surface area contributed by atoms with Crippen molar-refractivity contribution in [1.82, 2.24) is 24.3 Å². The van der Waals surface area contributed by atoms with E-state index < -0.39 is 0 Å². The number of nitrogens with one attached hydrogen (secondary N) is 1. The Kier molecular flexibility index (Phi) is 4.40. The summed E-state index contributed by atoms with van der Waals surface area (Å²) >= 11 is 7.67. The van der Waals surface area contributed by atoms with Crippen molar-refractivity contribution in [1.29, 1.82) is 0 Å². The Balaban J connectivity index is 1.44. The minimum absolute atomic E-state index is 0.143. The Labute approximate surface area is 173 Å². The van der Waals surface area contributed by atoms with Crippen molar-refractivity contribution in [2.24, 2.45) is 0 Å². The molecule has 0 saturated carbocycles. The number of rotatable bonds is 4. The third kappa shape index (κ3) is 3.22. The lowest BCUT2D eigenvalue weighted by atomic mass is 10.2. The van der Waals surface area contributed by atoms with Crippen LogP contribution < -0.4 is 10.9 Å². The number of benzene rings is 1. The van der Waals surface area contributed by atoms with Crippen LogP contribution in [-0.2, 0) is 24.2 Å². The smallest absolute Gasteiger partial charge is 0.262 e. The summed E-state index contributed by atoms with van der Waals surface area (Å²) < 4.78 is 2.88. The number of hydrogen-bond donors (Lipinski definition) is 1. The van der Waals surface area contributed by atoms with Crippen LogP contribution in [0.3, 0.4) is 0 Å².